The zero-order valence-electron chi connectivity index (χ0n) is 7.39. The molecule has 0 saturated carbocycles. The number of nitrogens with two attached hydrogens (primary N) is 1. The highest BCUT2D eigenvalue weighted by atomic mass is 35.5. The lowest BCUT2D eigenvalue weighted by atomic mass is 10.2. The summed E-state index contributed by atoms with van der Waals surface area (Å²) in [7, 11) is 0. The third kappa shape index (κ3) is 2.03. The lowest BCUT2D eigenvalue weighted by Gasteiger charge is -2.03. The van der Waals surface area contributed by atoms with Crippen molar-refractivity contribution in [1.29, 1.82) is 0 Å². The quantitative estimate of drug-likeness (QED) is 0.763. The number of nitrogens with zero attached hydrogens (tertiary/aromatic N) is 3. The molecule has 0 aromatic carbocycles. The fourth-order valence-corrected chi connectivity index (χ4v) is 1.48. The summed E-state index contributed by atoms with van der Waals surface area (Å²) in [5.41, 5.74) is 6.56. The fraction of sp³-hybridized carbons (Fsp3) is 0.111. The standard InChI is InChI=1S/C9H9ClN4/c10-8-4-7(5-9(11)13-8)6-14-3-1-2-12-14/h1-5H,6H2,(H2,11,13). The first-order chi connectivity index (χ1) is 6.74. The van der Waals surface area contributed by atoms with Gasteiger partial charge in [0.25, 0.3) is 0 Å². The minimum Gasteiger partial charge on any atom is -0.384 e. The summed E-state index contributed by atoms with van der Waals surface area (Å²) >= 11 is 5.77. The van der Waals surface area contributed by atoms with Gasteiger partial charge >= 0.3 is 0 Å². The molecule has 0 fully saturated rings. The molecular weight excluding hydrogens is 200 g/mol. The molecule has 0 spiro atoms. The van der Waals surface area contributed by atoms with Gasteiger partial charge in [-0.05, 0) is 23.8 Å². The first-order valence-corrected chi connectivity index (χ1v) is 4.51. The van der Waals surface area contributed by atoms with E-state index in [0.717, 1.165) is 5.56 Å². The number of nitrogen functional groups attached to an aromatic ring is 1. The summed E-state index contributed by atoms with van der Waals surface area (Å²) < 4.78 is 1.80. The van der Waals surface area contributed by atoms with Crippen molar-refractivity contribution in [3.05, 3.63) is 41.3 Å². The maximum absolute atomic E-state index is 5.77. The predicted molar refractivity (Wildman–Crippen MR) is 55.0 cm³/mol. The third-order valence-electron chi connectivity index (χ3n) is 1.78. The van der Waals surface area contributed by atoms with Gasteiger partial charge in [0.1, 0.15) is 11.0 Å². The van der Waals surface area contributed by atoms with Gasteiger partial charge in [0.2, 0.25) is 0 Å². The Morgan fingerprint density at radius 3 is 2.93 bits per heavy atom. The van der Waals surface area contributed by atoms with Crippen LogP contribution in [0.5, 0.6) is 0 Å². The fourth-order valence-electron chi connectivity index (χ4n) is 1.24. The lowest BCUT2D eigenvalue weighted by molar-refractivity contribution is 0.686. The number of hydrogen-bond donors (Lipinski definition) is 1. The van der Waals surface area contributed by atoms with E-state index in [9.17, 15) is 0 Å². The lowest BCUT2D eigenvalue weighted by Crippen LogP contribution is -2.01. The zero-order valence-corrected chi connectivity index (χ0v) is 8.15. The van der Waals surface area contributed by atoms with Crippen LogP contribution in [0.1, 0.15) is 5.56 Å². The summed E-state index contributed by atoms with van der Waals surface area (Å²) in [5, 5.41) is 4.49. The van der Waals surface area contributed by atoms with Crippen LogP contribution in [0.4, 0.5) is 5.82 Å². The van der Waals surface area contributed by atoms with E-state index in [-0.39, 0.29) is 0 Å². The summed E-state index contributed by atoms with van der Waals surface area (Å²) in [6.45, 7) is 0.652. The Kier molecular flexibility index (Phi) is 2.37. The van der Waals surface area contributed by atoms with Crippen LogP contribution in [0.15, 0.2) is 30.6 Å². The molecule has 2 aromatic heterocycles. The Bertz CT molecular complexity index is 404. The van der Waals surface area contributed by atoms with Crippen molar-refractivity contribution < 1.29 is 0 Å². The van der Waals surface area contributed by atoms with E-state index < -0.39 is 0 Å². The van der Waals surface area contributed by atoms with Crippen LogP contribution in [0.2, 0.25) is 5.15 Å². The van der Waals surface area contributed by atoms with Crippen molar-refractivity contribution in [3.63, 3.8) is 0 Å². The Labute approximate surface area is 86.3 Å². The van der Waals surface area contributed by atoms with Gasteiger partial charge in [-0.2, -0.15) is 5.10 Å². The minimum absolute atomic E-state index is 0.409. The summed E-state index contributed by atoms with van der Waals surface area (Å²) in [6, 6.07) is 5.43. The minimum atomic E-state index is 0.409. The Morgan fingerprint density at radius 1 is 1.43 bits per heavy atom. The number of halogens is 1. The number of hydrogen-bond acceptors (Lipinski definition) is 3. The van der Waals surface area contributed by atoms with E-state index in [1.54, 1.807) is 23.0 Å². The monoisotopic (exact) mass is 208 g/mol. The van der Waals surface area contributed by atoms with Crippen molar-refractivity contribution in [3.8, 4) is 0 Å². The molecule has 0 unspecified atom stereocenters. The van der Waals surface area contributed by atoms with E-state index >= 15 is 0 Å². The topological polar surface area (TPSA) is 56.7 Å². The molecule has 0 aliphatic rings. The van der Waals surface area contributed by atoms with Gasteiger partial charge in [-0.25, -0.2) is 4.98 Å². The molecule has 2 N–H and O–H groups in total. The van der Waals surface area contributed by atoms with Crippen LogP contribution in [0.3, 0.4) is 0 Å². The van der Waals surface area contributed by atoms with Gasteiger partial charge in [-0.3, -0.25) is 4.68 Å². The van der Waals surface area contributed by atoms with E-state index in [1.165, 1.54) is 0 Å². The largest absolute Gasteiger partial charge is 0.384 e. The first kappa shape index (κ1) is 9.02. The van der Waals surface area contributed by atoms with Crippen LogP contribution in [0.25, 0.3) is 0 Å². The SMILES string of the molecule is Nc1cc(Cn2cccn2)cc(Cl)n1. The Morgan fingerprint density at radius 2 is 2.29 bits per heavy atom. The first-order valence-electron chi connectivity index (χ1n) is 4.13. The second kappa shape index (κ2) is 3.67. The second-order valence-corrected chi connectivity index (χ2v) is 3.31. The highest BCUT2D eigenvalue weighted by molar-refractivity contribution is 6.29. The molecule has 2 aromatic rings. The summed E-state index contributed by atoms with van der Waals surface area (Å²) in [6.07, 6.45) is 3.61. The molecule has 72 valence electrons. The van der Waals surface area contributed by atoms with Gasteiger partial charge in [-0.15, -0.1) is 0 Å². The molecule has 0 aliphatic heterocycles. The molecule has 5 heteroatoms. The number of pyridine rings is 1. The van der Waals surface area contributed by atoms with Crippen molar-refractivity contribution in [2.45, 2.75) is 6.54 Å². The zero-order chi connectivity index (χ0) is 9.97. The average Bonchev–Trinajstić information content (AvgIpc) is 2.54. The number of aromatic nitrogens is 3. The predicted octanol–water partition coefficient (Wildman–Crippen LogP) is 1.56. The van der Waals surface area contributed by atoms with Gasteiger partial charge in [0.15, 0.2) is 0 Å². The normalized spacial score (nSPS) is 10.4. The molecule has 0 atom stereocenters. The molecule has 0 amide bonds. The molecule has 0 bridgehead atoms. The second-order valence-electron chi connectivity index (χ2n) is 2.93. The summed E-state index contributed by atoms with van der Waals surface area (Å²) in [4.78, 5) is 3.88. The summed E-state index contributed by atoms with van der Waals surface area (Å²) in [5.74, 6) is 0.430. The van der Waals surface area contributed by atoms with Crippen LogP contribution in [0, 0.1) is 0 Å². The van der Waals surface area contributed by atoms with E-state index in [0.29, 0.717) is 17.5 Å². The van der Waals surface area contributed by atoms with E-state index in [4.69, 9.17) is 17.3 Å². The Hall–Kier alpha value is -1.55. The smallest absolute Gasteiger partial charge is 0.131 e. The average molecular weight is 209 g/mol. The van der Waals surface area contributed by atoms with Crippen LogP contribution < -0.4 is 5.73 Å². The third-order valence-corrected chi connectivity index (χ3v) is 1.97. The molecule has 2 rings (SSSR count). The molecule has 2 heterocycles. The molecule has 14 heavy (non-hydrogen) atoms. The van der Waals surface area contributed by atoms with Crippen LogP contribution in [-0.4, -0.2) is 14.8 Å². The molecule has 0 saturated heterocycles. The van der Waals surface area contributed by atoms with Crippen LogP contribution in [-0.2, 0) is 6.54 Å². The molecule has 4 nitrogen and oxygen atoms in total. The van der Waals surface area contributed by atoms with Gasteiger partial charge < -0.3 is 5.73 Å². The number of anilines is 1. The van der Waals surface area contributed by atoms with Crippen LogP contribution >= 0.6 is 11.6 Å². The van der Waals surface area contributed by atoms with Crippen molar-refractivity contribution in [1.82, 2.24) is 14.8 Å². The van der Waals surface area contributed by atoms with Gasteiger partial charge in [0.05, 0.1) is 6.54 Å². The number of rotatable bonds is 2. The maximum atomic E-state index is 5.77. The van der Waals surface area contributed by atoms with Crippen molar-refractivity contribution >= 4 is 17.4 Å². The van der Waals surface area contributed by atoms with E-state index in [2.05, 4.69) is 10.1 Å². The van der Waals surface area contributed by atoms with E-state index in [1.807, 2.05) is 12.3 Å². The highest BCUT2D eigenvalue weighted by Crippen LogP contribution is 2.12. The molecule has 0 aliphatic carbocycles. The maximum Gasteiger partial charge on any atom is 0.131 e. The molecular formula is C9H9ClN4. The molecule has 0 radical (unpaired) electrons. The van der Waals surface area contributed by atoms with Gasteiger partial charge in [-0.1, -0.05) is 11.6 Å². The van der Waals surface area contributed by atoms with Crippen molar-refractivity contribution in [2.24, 2.45) is 0 Å². The van der Waals surface area contributed by atoms with Gasteiger partial charge in [0, 0.05) is 12.4 Å². The van der Waals surface area contributed by atoms with Crippen molar-refractivity contribution in [2.75, 3.05) is 5.73 Å². The highest BCUT2D eigenvalue weighted by Gasteiger charge is 1.99. The Balaban J connectivity index is 2.25.